The van der Waals surface area contributed by atoms with E-state index in [1.54, 1.807) is 0 Å². The van der Waals surface area contributed by atoms with Gasteiger partial charge in [0.2, 0.25) is 0 Å². The number of piperazine rings is 2. The molecule has 178 valence electrons. The lowest BCUT2D eigenvalue weighted by molar-refractivity contribution is -0.0454. The lowest BCUT2D eigenvalue weighted by Crippen LogP contribution is -2.55. The van der Waals surface area contributed by atoms with Gasteiger partial charge in [0, 0.05) is 52.4 Å². The van der Waals surface area contributed by atoms with Crippen LogP contribution in [0.4, 0.5) is 0 Å². The van der Waals surface area contributed by atoms with Crippen LogP contribution in [0.1, 0.15) is 12.3 Å². The SMILES string of the molecule is CN1CCN(C(C(N2CCN(C)CC2)n2nnc3ccccc32)n2nnc3ccccc32)CC1. The highest BCUT2D eigenvalue weighted by Gasteiger charge is 2.39. The Morgan fingerprint density at radius 2 is 0.941 bits per heavy atom. The molecule has 0 radical (unpaired) electrons. The van der Waals surface area contributed by atoms with Gasteiger partial charge >= 0.3 is 0 Å². The zero-order valence-corrected chi connectivity index (χ0v) is 19.9. The van der Waals surface area contributed by atoms with Gasteiger partial charge in [-0.15, -0.1) is 10.2 Å². The maximum atomic E-state index is 4.72. The van der Waals surface area contributed by atoms with Crippen molar-refractivity contribution in [1.82, 2.24) is 49.6 Å². The highest BCUT2D eigenvalue weighted by Crippen LogP contribution is 2.35. The third-order valence-corrected chi connectivity index (χ3v) is 7.35. The van der Waals surface area contributed by atoms with Gasteiger partial charge in [0.15, 0.2) is 0 Å². The smallest absolute Gasteiger partial charge is 0.143 e. The molecule has 4 heterocycles. The molecule has 2 aliphatic rings. The van der Waals surface area contributed by atoms with Crippen molar-refractivity contribution >= 4 is 22.1 Å². The average Bonchev–Trinajstić information content (AvgIpc) is 3.49. The Morgan fingerprint density at radius 3 is 1.35 bits per heavy atom. The lowest BCUT2D eigenvalue weighted by Gasteiger charge is -2.46. The highest BCUT2D eigenvalue weighted by molar-refractivity contribution is 5.75. The van der Waals surface area contributed by atoms with E-state index in [0.717, 1.165) is 74.4 Å². The standard InChI is InChI=1S/C24H32N10/c1-29-11-15-31(16-12-29)23(33-21-9-5-3-7-19(21)25-27-33)24(32-17-13-30(2)14-18-32)34-22-10-6-4-8-20(22)26-28-34/h3-10,23-24H,11-18H2,1-2H3. The van der Waals surface area contributed by atoms with E-state index in [9.17, 15) is 0 Å². The Hall–Kier alpha value is -2.92. The summed E-state index contributed by atoms with van der Waals surface area (Å²) in [5.74, 6) is 0. The molecule has 2 aromatic carbocycles. The van der Waals surface area contributed by atoms with Gasteiger partial charge < -0.3 is 9.80 Å². The molecule has 0 saturated carbocycles. The van der Waals surface area contributed by atoms with Crippen molar-refractivity contribution in [3.8, 4) is 0 Å². The summed E-state index contributed by atoms with van der Waals surface area (Å²) in [7, 11) is 4.39. The van der Waals surface area contributed by atoms with E-state index in [4.69, 9.17) is 10.4 Å². The normalized spacial score (nSPS) is 21.4. The number of fused-ring (bicyclic) bond motifs is 2. The zero-order chi connectivity index (χ0) is 23.1. The van der Waals surface area contributed by atoms with Crippen molar-refractivity contribution in [3.63, 3.8) is 0 Å². The summed E-state index contributed by atoms with van der Waals surface area (Å²) < 4.78 is 4.25. The van der Waals surface area contributed by atoms with Crippen LogP contribution in [0.25, 0.3) is 22.1 Å². The number of rotatable bonds is 5. The molecule has 10 heteroatoms. The number of hydrogen-bond acceptors (Lipinski definition) is 8. The minimum absolute atomic E-state index is 0.0605. The van der Waals surface area contributed by atoms with Gasteiger partial charge in [-0.1, -0.05) is 34.7 Å². The van der Waals surface area contributed by atoms with Gasteiger partial charge in [-0.2, -0.15) is 0 Å². The van der Waals surface area contributed by atoms with E-state index < -0.39 is 0 Å². The van der Waals surface area contributed by atoms with Crippen molar-refractivity contribution < 1.29 is 0 Å². The summed E-state index contributed by atoms with van der Waals surface area (Å²) in [4.78, 5) is 9.90. The largest absolute Gasteiger partial charge is 0.304 e. The van der Waals surface area contributed by atoms with Gasteiger partial charge in [-0.3, -0.25) is 9.80 Å². The Labute approximate surface area is 199 Å². The van der Waals surface area contributed by atoms with Gasteiger partial charge in [0.25, 0.3) is 0 Å². The predicted octanol–water partition coefficient (Wildman–Crippen LogP) is 1.37. The van der Waals surface area contributed by atoms with Gasteiger partial charge in [-0.05, 0) is 38.4 Å². The highest BCUT2D eigenvalue weighted by atomic mass is 15.6. The number of nitrogens with zero attached hydrogens (tertiary/aromatic N) is 10. The molecule has 0 N–H and O–H groups in total. The van der Waals surface area contributed by atoms with Crippen LogP contribution in [0.3, 0.4) is 0 Å². The fraction of sp³-hybridized carbons (Fsp3) is 0.500. The number of likely N-dealkylation sites (N-methyl/N-ethyl adjacent to an activating group) is 2. The first-order valence-corrected chi connectivity index (χ1v) is 12.1. The summed E-state index contributed by atoms with van der Waals surface area (Å²) in [5, 5.41) is 18.5. The molecule has 0 spiro atoms. The average molecular weight is 461 g/mol. The van der Waals surface area contributed by atoms with Crippen LogP contribution in [0.2, 0.25) is 0 Å². The van der Waals surface area contributed by atoms with Crippen molar-refractivity contribution in [1.29, 1.82) is 0 Å². The molecule has 0 bridgehead atoms. The Kier molecular flexibility index (Phi) is 5.74. The number of benzene rings is 2. The molecule has 2 unspecified atom stereocenters. The van der Waals surface area contributed by atoms with E-state index in [1.165, 1.54) is 0 Å². The quantitative estimate of drug-likeness (QED) is 0.442. The Morgan fingerprint density at radius 1 is 0.559 bits per heavy atom. The predicted molar refractivity (Wildman–Crippen MR) is 131 cm³/mol. The van der Waals surface area contributed by atoms with Crippen molar-refractivity contribution in [3.05, 3.63) is 48.5 Å². The summed E-state index contributed by atoms with van der Waals surface area (Å²) in [5.41, 5.74) is 3.94. The first-order valence-electron chi connectivity index (χ1n) is 12.1. The number of hydrogen-bond donors (Lipinski definition) is 0. The molecule has 34 heavy (non-hydrogen) atoms. The van der Waals surface area contributed by atoms with Crippen molar-refractivity contribution in [2.75, 3.05) is 66.5 Å². The van der Waals surface area contributed by atoms with E-state index in [1.807, 2.05) is 24.3 Å². The van der Waals surface area contributed by atoms with Gasteiger partial charge in [0.1, 0.15) is 23.4 Å². The molecular weight excluding hydrogens is 428 g/mol. The van der Waals surface area contributed by atoms with Crippen molar-refractivity contribution in [2.45, 2.75) is 12.3 Å². The van der Waals surface area contributed by atoms with Crippen LogP contribution in [0.5, 0.6) is 0 Å². The molecule has 4 aromatic rings. The minimum Gasteiger partial charge on any atom is -0.304 e. The molecule has 2 aromatic heterocycles. The number of para-hydroxylation sites is 2. The van der Waals surface area contributed by atoms with Crippen LogP contribution in [-0.4, -0.2) is 116 Å². The third-order valence-electron chi connectivity index (χ3n) is 7.35. The van der Waals surface area contributed by atoms with Crippen LogP contribution >= 0.6 is 0 Å². The van der Waals surface area contributed by atoms with E-state index in [-0.39, 0.29) is 12.3 Å². The van der Waals surface area contributed by atoms with Crippen LogP contribution < -0.4 is 0 Å². The second-order valence-electron chi connectivity index (χ2n) is 9.55. The molecule has 0 amide bonds. The summed E-state index contributed by atoms with van der Waals surface area (Å²) in [6.45, 7) is 7.96. The fourth-order valence-electron chi connectivity index (χ4n) is 5.28. The van der Waals surface area contributed by atoms with Crippen LogP contribution in [-0.2, 0) is 0 Å². The molecule has 2 aliphatic heterocycles. The van der Waals surface area contributed by atoms with Gasteiger partial charge in [-0.25, -0.2) is 9.36 Å². The molecule has 2 saturated heterocycles. The molecule has 0 aliphatic carbocycles. The maximum absolute atomic E-state index is 4.72. The summed E-state index contributed by atoms with van der Waals surface area (Å²) in [6, 6.07) is 16.5. The molecule has 6 rings (SSSR count). The van der Waals surface area contributed by atoms with Crippen molar-refractivity contribution in [2.24, 2.45) is 0 Å². The first-order chi connectivity index (χ1) is 16.7. The third kappa shape index (κ3) is 3.86. The minimum atomic E-state index is -0.0605. The van der Waals surface area contributed by atoms with E-state index >= 15 is 0 Å². The molecule has 2 atom stereocenters. The summed E-state index contributed by atoms with van der Waals surface area (Å²) >= 11 is 0. The first kappa shape index (κ1) is 21.6. The number of aromatic nitrogens is 6. The molecule has 2 fully saturated rings. The zero-order valence-electron chi connectivity index (χ0n) is 19.9. The van der Waals surface area contributed by atoms with E-state index in [2.05, 4.69) is 77.5 Å². The summed E-state index contributed by atoms with van der Waals surface area (Å²) in [6.07, 6.45) is -0.121. The second kappa shape index (κ2) is 9.03. The van der Waals surface area contributed by atoms with Crippen LogP contribution in [0.15, 0.2) is 48.5 Å². The Balaban J connectivity index is 1.52. The van der Waals surface area contributed by atoms with Crippen LogP contribution in [0, 0.1) is 0 Å². The topological polar surface area (TPSA) is 74.4 Å². The van der Waals surface area contributed by atoms with Gasteiger partial charge in [0.05, 0.1) is 11.0 Å². The fourth-order valence-corrected chi connectivity index (χ4v) is 5.28. The second-order valence-corrected chi connectivity index (χ2v) is 9.55. The van der Waals surface area contributed by atoms with E-state index in [0.29, 0.717) is 0 Å². The monoisotopic (exact) mass is 460 g/mol. The maximum Gasteiger partial charge on any atom is 0.143 e. The lowest BCUT2D eigenvalue weighted by atomic mass is 10.2. The molecule has 10 nitrogen and oxygen atoms in total. The molecular formula is C24H32N10. The Bertz CT molecular complexity index is 1150.